The minimum Gasteiger partial charge on any atom is -0.466 e. The van der Waals surface area contributed by atoms with Crippen LogP contribution in [0.1, 0.15) is 0 Å². The number of methoxy groups -OCH3 is 1. The molecule has 0 spiro atoms. The van der Waals surface area contributed by atoms with Gasteiger partial charge in [-0.1, -0.05) is 0 Å². The van der Waals surface area contributed by atoms with E-state index in [2.05, 4.69) is 15.4 Å². The van der Waals surface area contributed by atoms with Gasteiger partial charge in [0.15, 0.2) is 0 Å². The summed E-state index contributed by atoms with van der Waals surface area (Å²) in [5.74, 6) is -1.23. The molecule has 0 aromatic heterocycles. The normalized spacial score (nSPS) is 13.7. The maximum atomic E-state index is 12.5. The van der Waals surface area contributed by atoms with Gasteiger partial charge in [0.2, 0.25) is 0 Å². The maximum absolute atomic E-state index is 12.5. The van der Waals surface area contributed by atoms with E-state index in [0.717, 1.165) is 0 Å². The van der Waals surface area contributed by atoms with E-state index in [1.165, 1.54) is 30.2 Å². The van der Waals surface area contributed by atoms with Crippen LogP contribution in [0.5, 0.6) is 0 Å². The van der Waals surface area contributed by atoms with E-state index in [-0.39, 0.29) is 61.2 Å². The predicted molar refractivity (Wildman–Crippen MR) is 95.0 cm³/mol. The number of nitro groups is 1. The van der Waals surface area contributed by atoms with Gasteiger partial charge in [-0.05, 0) is 12.1 Å². The highest BCUT2D eigenvalue weighted by Gasteiger charge is 2.34. The number of carbonyl (C=O) groups is 2. The summed E-state index contributed by atoms with van der Waals surface area (Å²) in [5, 5.41) is 34.7. The van der Waals surface area contributed by atoms with E-state index >= 15 is 0 Å². The number of rotatable bonds is 9. The lowest BCUT2D eigenvalue weighted by Crippen LogP contribution is -2.31. The van der Waals surface area contributed by atoms with Crippen molar-refractivity contribution in [1.82, 2.24) is 4.90 Å². The number of hydrogen-bond donors (Lipinski definition) is 4. The van der Waals surface area contributed by atoms with Gasteiger partial charge < -0.3 is 30.5 Å². The summed E-state index contributed by atoms with van der Waals surface area (Å²) in [5.41, 5.74) is 0.196. The summed E-state index contributed by atoms with van der Waals surface area (Å²) < 4.78 is 4.68. The van der Waals surface area contributed by atoms with Crippen molar-refractivity contribution >= 4 is 28.9 Å². The number of aliphatic hydroxyl groups excluding tert-OH is 2. The molecule has 1 aromatic rings. The molecule has 4 N–H and O–H groups in total. The first-order valence-electron chi connectivity index (χ1n) is 8.04. The summed E-state index contributed by atoms with van der Waals surface area (Å²) in [6, 6.07) is 4.14. The summed E-state index contributed by atoms with van der Waals surface area (Å²) in [6.45, 7) is -0.326. The average Bonchev–Trinajstić information content (AvgIpc) is 2.96. The quantitative estimate of drug-likeness (QED) is 0.256. The molecule has 2 rings (SSSR count). The number of nitro benzene ring substituents is 1. The van der Waals surface area contributed by atoms with Crippen LogP contribution in [-0.2, 0) is 14.3 Å². The number of β-amino-alcohol motifs (C(OH)–C–C–N with tert-alkyl or cyclic N) is 1. The third kappa shape index (κ3) is 4.51. The highest BCUT2D eigenvalue weighted by molar-refractivity contribution is 6.08. The monoisotopic (exact) mass is 380 g/mol. The molecule has 0 aliphatic carbocycles. The molecule has 1 heterocycles. The summed E-state index contributed by atoms with van der Waals surface area (Å²) >= 11 is 0. The van der Waals surface area contributed by atoms with Crippen LogP contribution in [0.3, 0.4) is 0 Å². The zero-order chi connectivity index (χ0) is 20.0. The van der Waals surface area contributed by atoms with Crippen molar-refractivity contribution in [2.24, 2.45) is 0 Å². The van der Waals surface area contributed by atoms with Crippen molar-refractivity contribution in [3.05, 3.63) is 39.6 Å². The van der Waals surface area contributed by atoms with E-state index < -0.39 is 16.8 Å². The molecule has 0 radical (unpaired) electrons. The number of carbonyl (C=O) groups excluding carboxylic acids is 2. The Bertz CT molecular complexity index is 778. The number of esters is 1. The van der Waals surface area contributed by atoms with Gasteiger partial charge in [-0.25, -0.2) is 4.79 Å². The van der Waals surface area contributed by atoms with Crippen LogP contribution < -0.4 is 10.6 Å². The minimum absolute atomic E-state index is 0.0351. The van der Waals surface area contributed by atoms with E-state index in [9.17, 15) is 19.7 Å². The first-order chi connectivity index (χ1) is 12.9. The van der Waals surface area contributed by atoms with E-state index in [4.69, 9.17) is 10.2 Å². The van der Waals surface area contributed by atoms with Crippen molar-refractivity contribution in [3.8, 4) is 0 Å². The molecule has 11 heteroatoms. The molecule has 1 amide bonds. The van der Waals surface area contributed by atoms with Crippen LogP contribution in [0.4, 0.5) is 17.1 Å². The van der Waals surface area contributed by atoms with Gasteiger partial charge in [0, 0.05) is 24.8 Å². The van der Waals surface area contributed by atoms with E-state index in [1.807, 2.05) is 0 Å². The Kier molecular flexibility index (Phi) is 6.68. The van der Waals surface area contributed by atoms with Crippen LogP contribution in [0, 0.1) is 10.1 Å². The van der Waals surface area contributed by atoms with Crippen LogP contribution in [-0.4, -0.2) is 71.9 Å². The van der Waals surface area contributed by atoms with E-state index in [0.29, 0.717) is 0 Å². The number of amides is 1. The number of hydrogen-bond acceptors (Lipinski definition) is 9. The van der Waals surface area contributed by atoms with Crippen molar-refractivity contribution < 1.29 is 29.5 Å². The first kappa shape index (κ1) is 20.1. The number of aliphatic hydroxyl groups is 2. The number of anilines is 2. The van der Waals surface area contributed by atoms with Crippen molar-refractivity contribution in [3.63, 3.8) is 0 Å². The fourth-order valence-corrected chi connectivity index (χ4v) is 2.59. The van der Waals surface area contributed by atoms with Gasteiger partial charge in [-0.2, -0.15) is 0 Å². The van der Waals surface area contributed by atoms with E-state index in [1.54, 1.807) is 0 Å². The largest absolute Gasteiger partial charge is 0.466 e. The minimum atomic E-state index is -0.706. The van der Waals surface area contributed by atoms with Gasteiger partial charge in [0.05, 0.1) is 37.4 Å². The molecule has 0 fully saturated rings. The Balaban J connectivity index is 2.34. The Morgan fingerprint density at radius 2 is 2.11 bits per heavy atom. The van der Waals surface area contributed by atoms with Crippen molar-refractivity contribution in [2.45, 2.75) is 0 Å². The van der Waals surface area contributed by atoms with Gasteiger partial charge in [0.25, 0.3) is 11.6 Å². The van der Waals surface area contributed by atoms with Gasteiger partial charge in [-0.3, -0.25) is 14.9 Å². The number of nitrogens with one attached hydrogen (secondary N) is 2. The maximum Gasteiger partial charge on any atom is 0.337 e. The predicted octanol–water partition coefficient (Wildman–Crippen LogP) is -0.328. The molecule has 1 aliphatic rings. The molecule has 11 nitrogen and oxygen atoms in total. The zero-order valence-corrected chi connectivity index (χ0v) is 14.6. The fourth-order valence-electron chi connectivity index (χ4n) is 2.59. The molecule has 0 bridgehead atoms. The summed E-state index contributed by atoms with van der Waals surface area (Å²) in [4.78, 5) is 36.4. The summed E-state index contributed by atoms with van der Waals surface area (Å²) in [6.07, 6.45) is 0. The lowest BCUT2D eigenvalue weighted by Gasteiger charge is -2.15. The van der Waals surface area contributed by atoms with Gasteiger partial charge in [0.1, 0.15) is 11.4 Å². The molecule has 0 atom stereocenters. The molecule has 0 saturated heterocycles. The van der Waals surface area contributed by atoms with Crippen molar-refractivity contribution in [1.29, 1.82) is 0 Å². The Morgan fingerprint density at radius 1 is 1.37 bits per heavy atom. The second-order valence-electron chi connectivity index (χ2n) is 5.56. The highest BCUT2D eigenvalue weighted by atomic mass is 16.6. The zero-order valence-electron chi connectivity index (χ0n) is 14.6. The molecule has 0 unspecified atom stereocenters. The topological polar surface area (TPSA) is 154 Å². The average molecular weight is 380 g/mol. The number of nitrogens with zero attached hydrogens (tertiary/aromatic N) is 2. The molecule has 0 saturated carbocycles. The second kappa shape index (κ2) is 8.96. The van der Waals surface area contributed by atoms with Crippen LogP contribution in [0.2, 0.25) is 0 Å². The smallest absolute Gasteiger partial charge is 0.337 e. The number of benzene rings is 1. The van der Waals surface area contributed by atoms with Gasteiger partial charge >= 0.3 is 5.97 Å². The lowest BCUT2D eigenvalue weighted by molar-refractivity contribution is -0.383. The molecule has 1 aliphatic heterocycles. The van der Waals surface area contributed by atoms with Crippen LogP contribution in [0.15, 0.2) is 29.5 Å². The SMILES string of the molecule is COC(=O)C1=C(Nc2ccc(NCCO)c([N+](=O)[O-])c2)C(=O)N(CCO)C1. The third-order valence-electron chi connectivity index (χ3n) is 3.84. The standard InChI is InChI=1S/C16H20N4O7/c1-27-16(24)11-9-19(5-7-22)15(23)14(11)18-10-2-3-12(17-4-6-21)13(8-10)20(25)26/h2-3,8,17-18,21-22H,4-7,9H2,1H3. The molecular formula is C16H20N4O7. The summed E-state index contributed by atoms with van der Waals surface area (Å²) in [7, 11) is 1.18. The van der Waals surface area contributed by atoms with Gasteiger partial charge in [-0.15, -0.1) is 0 Å². The Morgan fingerprint density at radius 3 is 2.70 bits per heavy atom. The molecule has 1 aromatic carbocycles. The molecule has 146 valence electrons. The second-order valence-corrected chi connectivity index (χ2v) is 5.56. The highest BCUT2D eigenvalue weighted by Crippen LogP contribution is 2.30. The Hall–Kier alpha value is -3.18. The number of ether oxygens (including phenoxy) is 1. The van der Waals surface area contributed by atoms with Crippen LogP contribution in [0.25, 0.3) is 0 Å². The Labute approximate surface area is 154 Å². The molecular weight excluding hydrogens is 360 g/mol. The fraction of sp³-hybridized carbons (Fsp3) is 0.375. The molecule has 27 heavy (non-hydrogen) atoms. The lowest BCUT2D eigenvalue weighted by atomic mass is 10.2. The van der Waals surface area contributed by atoms with Crippen LogP contribution >= 0.6 is 0 Å². The van der Waals surface area contributed by atoms with Crippen molar-refractivity contribution in [2.75, 3.05) is 50.6 Å². The third-order valence-corrected chi connectivity index (χ3v) is 3.84. The first-order valence-corrected chi connectivity index (χ1v) is 8.04.